The van der Waals surface area contributed by atoms with E-state index in [1.807, 2.05) is 18.2 Å². The van der Waals surface area contributed by atoms with Crippen molar-refractivity contribution < 1.29 is 9.84 Å². The minimum absolute atomic E-state index is 0.0877. The molecule has 6 heteroatoms. The van der Waals surface area contributed by atoms with Gasteiger partial charge in [0.1, 0.15) is 0 Å². The van der Waals surface area contributed by atoms with E-state index in [-0.39, 0.29) is 11.5 Å². The normalized spacial score (nSPS) is 23.7. The number of aliphatic imine (C=N–C) groups is 1. The number of nitrogens with zero attached hydrogens (tertiary/aromatic N) is 2. The first kappa shape index (κ1) is 18.5. The van der Waals surface area contributed by atoms with E-state index in [4.69, 9.17) is 21.3 Å². The molecule has 3 rings (SSSR count). The summed E-state index contributed by atoms with van der Waals surface area (Å²) < 4.78 is 5.60. The van der Waals surface area contributed by atoms with Gasteiger partial charge in [0.05, 0.1) is 12.6 Å². The lowest BCUT2D eigenvalue weighted by molar-refractivity contribution is 0.0530. The second kappa shape index (κ2) is 8.39. The van der Waals surface area contributed by atoms with Gasteiger partial charge in [0.15, 0.2) is 5.96 Å². The highest BCUT2D eigenvalue weighted by molar-refractivity contribution is 6.31. The van der Waals surface area contributed by atoms with Crippen LogP contribution in [-0.2, 0) is 10.2 Å². The van der Waals surface area contributed by atoms with E-state index in [9.17, 15) is 5.11 Å². The van der Waals surface area contributed by atoms with Gasteiger partial charge >= 0.3 is 0 Å². The minimum atomic E-state index is -0.260. The lowest BCUT2D eigenvalue weighted by Crippen LogP contribution is -2.43. The van der Waals surface area contributed by atoms with E-state index >= 15 is 0 Å². The van der Waals surface area contributed by atoms with Crippen LogP contribution in [-0.4, -0.2) is 61.5 Å². The third kappa shape index (κ3) is 4.27. The number of ether oxygens (including phenoxy) is 1. The first-order valence-electron chi connectivity index (χ1n) is 9.19. The number of β-amino-alcohol motifs (C(OH)–C–C–N with tert-alkyl or cyclic N) is 1. The number of benzene rings is 1. The highest BCUT2D eigenvalue weighted by atomic mass is 35.5. The fourth-order valence-corrected chi connectivity index (χ4v) is 4.09. The van der Waals surface area contributed by atoms with Crippen molar-refractivity contribution in [3.63, 3.8) is 0 Å². The summed E-state index contributed by atoms with van der Waals surface area (Å²) in [7, 11) is 0. The van der Waals surface area contributed by atoms with Crippen LogP contribution >= 0.6 is 11.6 Å². The van der Waals surface area contributed by atoms with Gasteiger partial charge in [-0.3, -0.25) is 4.99 Å². The Hall–Kier alpha value is -1.30. The van der Waals surface area contributed by atoms with Gasteiger partial charge in [0, 0.05) is 43.3 Å². The average molecular weight is 366 g/mol. The third-order valence-corrected chi connectivity index (χ3v) is 5.55. The quantitative estimate of drug-likeness (QED) is 0.635. The van der Waals surface area contributed by atoms with Gasteiger partial charge in [-0.2, -0.15) is 0 Å². The predicted octanol–water partition coefficient (Wildman–Crippen LogP) is 2.42. The molecule has 0 bridgehead atoms. The van der Waals surface area contributed by atoms with Crippen LogP contribution in [0.15, 0.2) is 29.3 Å². The van der Waals surface area contributed by atoms with E-state index in [1.54, 1.807) is 0 Å². The maximum atomic E-state index is 9.84. The Morgan fingerprint density at radius 1 is 1.40 bits per heavy atom. The van der Waals surface area contributed by atoms with E-state index in [0.717, 1.165) is 56.5 Å². The molecule has 0 spiro atoms. The fourth-order valence-electron chi connectivity index (χ4n) is 3.75. The van der Waals surface area contributed by atoms with Crippen LogP contribution in [0.4, 0.5) is 0 Å². The molecule has 2 aliphatic heterocycles. The van der Waals surface area contributed by atoms with Crippen molar-refractivity contribution in [3.05, 3.63) is 34.9 Å². The zero-order chi connectivity index (χ0) is 17.7. The minimum Gasteiger partial charge on any atom is -0.391 e. The van der Waals surface area contributed by atoms with Gasteiger partial charge in [0.2, 0.25) is 0 Å². The third-order valence-electron chi connectivity index (χ3n) is 5.22. The molecule has 2 heterocycles. The molecule has 25 heavy (non-hydrogen) atoms. The topological polar surface area (TPSA) is 57.1 Å². The summed E-state index contributed by atoms with van der Waals surface area (Å²) in [4.78, 5) is 7.10. The molecule has 0 unspecified atom stereocenters. The van der Waals surface area contributed by atoms with Gasteiger partial charge < -0.3 is 20.1 Å². The van der Waals surface area contributed by atoms with Crippen LogP contribution in [0.2, 0.25) is 5.02 Å². The molecular weight excluding hydrogens is 338 g/mol. The highest BCUT2D eigenvalue weighted by Crippen LogP contribution is 2.39. The van der Waals surface area contributed by atoms with E-state index in [1.165, 1.54) is 5.56 Å². The first-order chi connectivity index (χ1) is 12.1. The van der Waals surface area contributed by atoms with Gasteiger partial charge in [-0.1, -0.05) is 29.8 Å². The molecule has 5 nitrogen and oxygen atoms in total. The van der Waals surface area contributed by atoms with Crippen molar-refractivity contribution in [1.82, 2.24) is 10.2 Å². The molecule has 0 saturated carbocycles. The maximum Gasteiger partial charge on any atom is 0.194 e. The summed E-state index contributed by atoms with van der Waals surface area (Å²) in [5.74, 6) is 0.886. The van der Waals surface area contributed by atoms with Crippen molar-refractivity contribution >= 4 is 17.6 Å². The molecule has 2 aliphatic rings. The number of halogens is 1. The Balaban J connectivity index is 1.85. The standard InChI is InChI=1S/C19H28ClN3O2/c1-2-21-18(23-10-7-15(24)13-23)22-14-19(8-11-25-12-9-19)16-5-3-4-6-17(16)20/h3-6,15,24H,2,7-14H2,1H3,(H,21,22)/t15-/m1/s1. The van der Waals surface area contributed by atoms with Crippen LogP contribution in [0, 0.1) is 0 Å². The molecule has 1 atom stereocenters. The molecule has 0 aromatic heterocycles. The summed E-state index contributed by atoms with van der Waals surface area (Å²) in [6.45, 7) is 6.52. The Morgan fingerprint density at radius 2 is 2.16 bits per heavy atom. The van der Waals surface area contributed by atoms with E-state index < -0.39 is 0 Å². The molecule has 0 radical (unpaired) electrons. The summed E-state index contributed by atoms with van der Waals surface area (Å²) in [6, 6.07) is 8.09. The SMILES string of the molecule is CCNC(=NCC1(c2ccccc2Cl)CCOCC1)N1CC[C@@H](O)C1. The van der Waals surface area contributed by atoms with Crippen molar-refractivity contribution in [3.8, 4) is 0 Å². The number of guanidine groups is 1. The molecule has 1 aromatic rings. The molecule has 2 saturated heterocycles. The van der Waals surface area contributed by atoms with Crippen LogP contribution in [0.3, 0.4) is 0 Å². The Kier molecular flexibility index (Phi) is 6.20. The number of hydrogen-bond acceptors (Lipinski definition) is 3. The van der Waals surface area contributed by atoms with Crippen LogP contribution < -0.4 is 5.32 Å². The molecular formula is C19H28ClN3O2. The zero-order valence-electron chi connectivity index (χ0n) is 14.9. The number of aliphatic hydroxyl groups is 1. The zero-order valence-corrected chi connectivity index (χ0v) is 15.6. The number of aliphatic hydroxyl groups excluding tert-OH is 1. The largest absolute Gasteiger partial charge is 0.391 e. The molecule has 2 fully saturated rings. The number of rotatable bonds is 4. The van der Waals surface area contributed by atoms with Crippen molar-refractivity contribution in [2.24, 2.45) is 4.99 Å². The predicted molar refractivity (Wildman–Crippen MR) is 101 cm³/mol. The van der Waals surface area contributed by atoms with E-state index in [0.29, 0.717) is 13.1 Å². The molecule has 2 N–H and O–H groups in total. The van der Waals surface area contributed by atoms with Gasteiger partial charge in [0.25, 0.3) is 0 Å². The van der Waals surface area contributed by atoms with Crippen LogP contribution in [0.25, 0.3) is 0 Å². The summed E-state index contributed by atoms with van der Waals surface area (Å²) in [6.07, 6.45) is 2.38. The number of hydrogen-bond donors (Lipinski definition) is 2. The molecule has 138 valence electrons. The Labute approximate surface area is 155 Å². The molecule has 1 aromatic carbocycles. The van der Waals surface area contributed by atoms with Crippen molar-refractivity contribution in [2.45, 2.75) is 37.7 Å². The fraction of sp³-hybridized carbons (Fsp3) is 0.632. The highest BCUT2D eigenvalue weighted by Gasteiger charge is 2.36. The summed E-state index contributed by atoms with van der Waals surface area (Å²) >= 11 is 6.52. The molecule has 0 amide bonds. The lowest BCUT2D eigenvalue weighted by atomic mass is 9.74. The summed E-state index contributed by atoms with van der Waals surface area (Å²) in [5.41, 5.74) is 1.08. The van der Waals surface area contributed by atoms with Gasteiger partial charge in [-0.15, -0.1) is 0 Å². The number of nitrogens with one attached hydrogen (secondary N) is 1. The van der Waals surface area contributed by atoms with Crippen molar-refractivity contribution in [2.75, 3.05) is 39.4 Å². The van der Waals surface area contributed by atoms with Crippen molar-refractivity contribution in [1.29, 1.82) is 0 Å². The second-order valence-electron chi connectivity index (χ2n) is 6.93. The first-order valence-corrected chi connectivity index (χ1v) is 9.56. The van der Waals surface area contributed by atoms with Gasteiger partial charge in [-0.05, 0) is 37.8 Å². The van der Waals surface area contributed by atoms with Crippen LogP contribution in [0.1, 0.15) is 31.7 Å². The summed E-state index contributed by atoms with van der Waals surface area (Å²) in [5, 5.41) is 14.0. The maximum absolute atomic E-state index is 9.84. The average Bonchev–Trinajstić information content (AvgIpc) is 3.06. The monoisotopic (exact) mass is 365 g/mol. The lowest BCUT2D eigenvalue weighted by Gasteiger charge is -2.37. The van der Waals surface area contributed by atoms with Crippen LogP contribution in [0.5, 0.6) is 0 Å². The number of likely N-dealkylation sites (tertiary alicyclic amines) is 1. The Morgan fingerprint density at radius 3 is 2.80 bits per heavy atom. The van der Waals surface area contributed by atoms with E-state index in [2.05, 4.69) is 23.2 Å². The Bertz CT molecular complexity index is 602. The smallest absolute Gasteiger partial charge is 0.194 e. The second-order valence-corrected chi connectivity index (χ2v) is 7.34. The molecule has 0 aliphatic carbocycles. The van der Waals surface area contributed by atoms with Gasteiger partial charge in [-0.25, -0.2) is 0 Å².